The number of halogens is 3. The lowest BCUT2D eigenvalue weighted by molar-refractivity contribution is -0.141. The fraction of sp³-hybridized carbons (Fsp3) is 0.393. The zero-order valence-corrected chi connectivity index (χ0v) is 23.2. The third-order valence-corrected chi connectivity index (χ3v) is 7.89. The summed E-state index contributed by atoms with van der Waals surface area (Å²) in [5, 5.41) is 5.15. The Labute approximate surface area is 244 Å². The highest BCUT2D eigenvalue weighted by atomic mass is 35.5. The first kappa shape index (κ1) is 30.3. The zero-order valence-electron chi connectivity index (χ0n) is 21.6. The van der Waals surface area contributed by atoms with Gasteiger partial charge in [0, 0.05) is 41.6 Å². The molecule has 0 spiro atoms. The number of rotatable bonds is 8. The lowest BCUT2D eigenvalue weighted by Gasteiger charge is -2.32. The van der Waals surface area contributed by atoms with E-state index in [1.807, 2.05) is 0 Å². The summed E-state index contributed by atoms with van der Waals surface area (Å²) in [7, 11) is 1.32. The van der Waals surface area contributed by atoms with E-state index in [1.165, 1.54) is 24.5 Å². The Hall–Kier alpha value is -3.64. The Morgan fingerprint density at radius 3 is 2.80 bits per heavy atom. The van der Waals surface area contributed by atoms with Crippen molar-refractivity contribution in [1.29, 1.82) is 0 Å². The minimum atomic E-state index is -1.23. The van der Waals surface area contributed by atoms with E-state index in [0.717, 1.165) is 11.8 Å². The average molecular weight is 607 g/mol. The molecule has 0 radical (unpaired) electrons. The van der Waals surface area contributed by atoms with E-state index >= 15 is 0 Å². The van der Waals surface area contributed by atoms with Gasteiger partial charge in [0.2, 0.25) is 0 Å². The van der Waals surface area contributed by atoms with Gasteiger partial charge >= 0.3 is 11.9 Å². The van der Waals surface area contributed by atoms with Gasteiger partial charge in [0.25, 0.3) is 0 Å². The van der Waals surface area contributed by atoms with Crippen LogP contribution in [0.1, 0.15) is 61.1 Å². The standard InChI is InChI=1S/C27H25ClF2N4O5S.CH4/c1-3-38-27(36)20-23(13-4-7-16-17(12-13)39-18(32-16)8-9-19(35)37-2)33-25(26-31-10-11-40-26)34-24(20)14-5-6-15(29)22(30)21(14)28;/h5-6,10-11,13,24H,3-4,7-9,12H2,1-2H3,(H,33,34);1H4. The highest BCUT2D eigenvalue weighted by Crippen LogP contribution is 2.41. The minimum Gasteiger partial charge on any atom is -0.469 e. The van der Waals surface area contributed by atoms with Crippen molar-refractivity contribution in [2.75, 3.05) is 13.7 Å². The molecule has 2 aromatic heterocycles. The smallest absolute Gasteiger partial charge is 0.338 e. The normalized spacial score (nSPS) is 18.1. The summed E-state index contributed by atoms with van der Waals surface area (Å²) in [5.41, 5.74) is 1.58. The maximum Gasteiger partial charge on any atom is 0.338 e. The molecule has 0 saturated heterocycles. The van der Waals surface area contributed by atoms with Crippen LogP contribution in [0.3, 0.4) is 0 Å². The number of hydrogen-bond acceptors (Lipinski definition) is 10. The molecular formula is C28H29ClF2N4O5S. The highest BCUT2D eigenvalue weighted by Gasteiger charge is 2.39. The van der Waals surface area contributed by atoms with Gasteiger partial charge in [0.05, 0.1) is 36.4 Å². The maximum absolute atomic E-state index is 14.6. The summed E-state index contributed by atoms with van der Waals surface area (Å²) in [6.07, 6.45) is 3.62. The van der Waals surface area contributed by atoms with Crippen molar-refractivity contribution in [3.8, 4) is 0 Å². The zero-order chi connectivity index (χ0) is 28.4. The summed E-state index contributed by atoms with van der Waals surface area (Å²) in [4.78, 5) is 38.6. The van der Waals surface area contributed by atoms with E-state index in [2.05, 4.69) is 15.3 Å². The van der Waals surface area contributed by atoms with Crippen LogP contribution < -0.4 is 5.32 Å². The summed E-state index contributed by atoms with van der Waals surface area (Å²) in [6, 6.07) is 1.19. The second-order valence-corrected chi connectivity index (χ2v) is 10.4. The highest BCUT2D eigenvalue weighted by molar-refractivity contribution is 7.11. The van der Waals surface area contributed by atoms with Crippen molar-refractivity contribution in [2.45, 2.75) is 52.5 Å². The molecule has 0 saturated carbocycles. The molecule has 2 unspecified atom stereocenters. The lowest BCUT2D eigenvalue weighted by atomic mass is 9.83. The molecule has 0 fully saturated rings. The predicted octanol–water partition coefficient (Wildman–Crippen LogP) is 5.52. The molecule has 9 nitrogen and oxygen atoms in total. The van der Waals surface area contributed by atoms with Crippen molar-refractivity contribution >= 4 is 40.7 Å². The number of nitrogens with zero attached hydrogens (tertiary/aromatic N) is 3. The number of nitrogens with one attached hydrogen (secondary N) is 1. The Morgan fingerprint density at radius 2 is 2.10 bits per heavy atom. The van der Waals surface area contributed by atoms with Gasteiger partial charge in [-0.3, -0.25) is 9.79 Å². The number of oxazole rings is 1. The molecule has 0 bridgehead atoms. The van der Waals surface area contributed by atoms with Gasteiger partial charge < -0.3 is 19.2 Å². The van der Waals surface area contributed by atoms with E-state index < -0.39 is 28.7 Å². The number of benzene rings is 1. The number of esters is 2. The van der Waals surface area contributed by atoms with Crippen LogP contribution in [0.15, 0.2) is 44.4 Å². The molecule has 2 aliphatic rings. The summed E-state index contributed by atoms with van der Waals surface area (Å²) in [5.74, 6) is -2.16. The van der Waals surface area contributed by atoms with Gasteiger partial charge in [0.15, 0.2) is 28.4 Å². The molecule has 0 amide bonds. The molecule has 1 N–H and O–H groups in total. The molecule has 3 aromatic rings. The number of allylic oxidation sites excluding steroid dienone is 1. The largest absolute Gasteiger partial charge is 0.469 e. The van der Waals surface area contributed by atoms with Crippen molar-refractivity contribution in [3.63, 3.8) is 0 Å². The fourth-order valence-electron chi connectivity index (χ4n) is 4.84. The van der Waals surface area contributed by atoms with Crippen molar-refractivity contribution in [1.82, 2.24) is 15.3 Å². The monoisotopic (exact) mass is 606 g/mol. The SMILES string of the molecule is C.CCOC(=O)C1=C(C2CCc3nc(CCC(=O)OC)oc3C2)NC(c2nccs2)=NC1c1ccc(F)c(F)c1Cl. The number of carbonyl (C=O) groups excluding carboxylic acids is 2. The van der Waals surface area contributed by atoms with E-state index in [1.54, 1.807) is 18.5 Å². The van der Waals surface area contributed by atoms with Crippen LogP contribution in [0, 0.1) is 17.6 Å². The molecular weight excluding hydrogens is 578 g/mol. The molecule has 41 heavy (non-hydrogen) atoms. The van der Waals surface area contributed by atoms with Crippen LogP contribution in [0.25, 0.3) is 0 Å². The number of amidine groups is 1. The first-order chi connectivity index (χ1) is 19.3. The molecule has 1 aliphatic carbocycles. The second kappa shape index (κ2) is 12.9. The third kappa shape index (κ3) is 6.18. The molecule has 5 rings (SSSR count). The van der Waals surface area contributed by atoms with Crippen LogP contribution in [0.4, 0.5) is 8.78 Å². The van der Waals surface area contributed by atoms with Crippen LogP contribution in [0.2, 0.25) is 5.02 Å². The topological polar surface area (TPSA) is 116 Å². The van der Waals surface area contributed by atoms with Crippen LogP contribution in [-0.4, -0.2) is 41.5 Å². The van der Waals surface area contributed by atoms with Gasteiger partial charge in [-0.15, -0.1) is 11.3 Å². The predicted molar refractivity (Wildman–Crippen MR) is 149 cm³/mol. The summed E-state index contributed by atoms with van der Waals surface area (Å²) >= 11 is 7.60. The van der Waals surface area contributed by atoms with Gasteiger partial charge in [0.1, 0.15) is 11.8 Å². The van der Waals surface area contributed by atoms with E-state index in [9.17, 15) is 18.4 Å². The first-order valence-electron chi connectivity index (χ1n) is 12.6. The van der Waals surface area contributed by atoms with Gasteiger partial charge in [-0.1, -0.05) is 25.1 Å². The fourth-order valence-corrected chi connectivity index (χ4v) is 5.68. The third-order valence-electron chi connectivity index (χ3n) is 6.73. The maximum atomic E-state index is 14.6. The number of carbonyl (C=O) groups is 2. The second-order valence-electron chi connectivity index (χ2n) is 9.15. The number of fused-ring (bicyclic) bond motifs is 1. The number of aliphatic imine (C=N–C) groups is 1. The number of thiazole rings is 1. The summed E-state index contributed by atoms with van der Waals surface area (Å²) in [6.45, 7) is 1.77. The van der Waals surface area contributed by atoms with Gasteiger partial charge in [-0.25, -0.2) is 23.5 Å². The quantitative estimate of drug-likeness (QED) is 0.263. The van der Waals surface area contributed by atoms with Crippen molar-refractivity contribution < 1.29 is 32.3 Å². The number of aromatic nitrogens is 2. The lowest BCUT2D eigenvalue weighted by Crippen LogP contribution is -2.38. The number of hydrogen-bond donors (Lipinski definition) is 1. The van der Waals surface area contributed by atoms with E-state index in [4.69, 9.17) is 30.5 Å². The molecule has 1 aromatic carbocycles. The number of methoxy groups -OCH3 is 1. The van der Waals surface area contributed by atoms with Crippen LogP contribution >= 0.6 is 22.9 Å². The van der Waals surface area contributed by atoms with Crippen LogP contribution in [0.5, 0.6) is 0 Å². The Bertz CT molecular complexity index is 1510. The Morgan fingerprint density at radius 1 is 1.29 bits per heavy atom. The molecule has 218 valence electrons. The Balaban J connectivity index is 0.00000387. The minimum absolute atomic E-state index is 0. The molecule has 3 heterocycles. The summed E-state index contributed by atoms with van der Waals surface area (Å²) < 4.78 is 44.6. The molecule has 13 heteroatoms. The molecule has 1 aliphatic heterocycles. The average Bonchev–Trinajstić information content (AvgIpc) is 3.64. The van der Waals surface area contributed by atoms with E-state index in [-0.39, 0.29) is 43.5 Å². The number of aryl methyl sites for hydroxylation is 2. The van der Waals surface area contributed by atoms with Crippen molar-refractivity contribution in [2.24, 2.45) is 10.9 Å². The Kier molecular flexibility index (Phi) is 9.54. The van der Waals surface area contributed by atoms with E-state index in [0.29, 0.717) is 53.9 Å². The molecule has 2 atom stereocenters. The van der Waals surface area contributed by atoms with Crippen LogP contribution in [-0.2, 0) is 38.3 Å². The van der Waals surface area contributed by atoms with Gasteiger partial charge in [-0.2, -0.15) is 0 Å². The van der Waals surface area contributed by atoms with Gasteiger partial charge in [-0.05, 0) is 25.8 Å². The number of ether oxygens (including phenoxy) is 2. The first-order valence-corrected chi connectivity index (χ1v) is 13.9. The van der Waals surface area contributed by atoms with Crippen molar-refractivity contribution in [3.05, 3.63) is 79.6 Å².